The van der Waals surface area contributed by atoms with E-state index in [0.717, 1.165) is 5.56 Å². The molecule has 0 aliphatic carbocycles. The summed E-state index contributed by atoms with van der Waals surface area (Å²) in [7, 11) is 0. The van der Waals surface area contributed by atoms with Gasteiger partial charge < -0.3 is 14.9 Å². The molecule has 0 fully saturated rings. The van der Waals surface area contributed by atoms with Crippen LogP contribution in [-0.4, -0.2) is 34.7 Å². The lowest BCUT2D eigenvalue weighted by Gasteiger charge is -2.09. The third kappa shape index (κ3) is 3.48. The zero-order chi connectivity index (χ0) is 13.0. The van der Waals surface area contributed by atoms with Gasteiger partial charge in [0.05, 0.1) is 6.54 Å². The molecule has 18 heavy (non-hydrogen) atoms. The minimum Gasteiger partial charge on any atom is -0.508 e. The quantitative estimate of drug-likeness (QED) is 0.830. The minimum absolute atomic E-state index is 0.104. The largest absolute Gasteiger partial charge is 0.508 e. The van der Waals surface area contributed by atoms with Crippen molar-refractivity contribution >= 4 is 11.9 Å². The molecule has 0 saturated heterocycles. The van der Waals surface area contributed by atoms with Gasteiger partial charge in [-0.1, -0.05) is 12.1 Å². The molecule has 2 rings (SSSR count). The third-order valence-electron chi connectivity index (χ3n) is 2.75. The van der Waals surface area contributed by atoms with E-state index in [1.165, 1.54) is 0 Å². The highest BCUT2D eigenvalue weighted by molar-refractivity contribution is 5.80. The van der Waals surface area contributed by atoms with E-state index in [4.69, 9.17) is 14.9 Å². The summed E-state index contributed by atoms with van der Waals surface area (Å²) in [5, 5.41) is 17.7. The van der Waals surface area contributed by atoms with Crippen molar-refractivity contribution < 1.29 is 19.7 Å². The molecule has 1 aromatic rings. The molecule has 1 atom stereocenters. The Kier molecular flexibility index (Phi) is 3.82. The molecular formula is C13H15NO4. The maximum atomic E-state index is 10.4. The van der Waals surface area contributed by atoms with Crippen LogP contribution in [0.4, 0.5) is 0 Å². The highest BCUT2D eigenvalue weighted by Crippen LogP contribution is 2.15. The van der Waals surface area contributed by atoms with Crippen molar-refractivity contribution in [2.24, 2.45) is 4.99 Å². The fourth-order valence-corrected chi connectivity index (χ4v) is 1.79. The lowest BCUT2D eigenvalue weighted by atomic mass is 10.1. The predicted octanol–water partition coefficient (Wildman–Crippen LogP) is 1.60. The second-order valence-electron chi connectivity index (χ2n) is 4.25. The van der Waals surface area contributed by atoms with Gasteiger partial charge in [-0.3, -0.25) is 9.79 Å². The summed E-state index contributed by atoms with van der Waals surface area (Å²) < 4.78 is 5.57. The lowest BCUT2D eigenvalue weighted by molar-refractivity contribution is -0.137. The maximum Gasteiger partial charge on any atom is 0.303 e. The van der Waals surface area contributed by atoms with Crippen LogP contribution in [0.2, 0.25) is 0 Å². The van der Waals surface area contributed by atoms with E-state index in [1.807, 2.05) is 12.1 Å². The number of carboxylic acid groups (broad SMARTS) is 1. The first-order valence-electron chi connectivity index (χ1n) is 5.83. The van der Waals surface area contributed by atoms with Crippen LogP contribution in [0, 0.1) is 0 Å². The van der Waals surface area contributed by atoms with Gasteiger partial charge in [0.15, 0.2) is 5.90 Å². The molecule has 1 unspecified atom stereocenters. The number of carboxylic acids is 1. The molecule has 0 saturated carbocycles. The van der Waals surface area contributed by atoms with Crippen LogP contribution in [0.3, 0.4) is 0 Å². The average Bonchev–Trinajstić information content (AvgIpc) is 2.77. The maximum absolute atomic E-state index is 10.4. The highest BCUT2D eigenvalue weighted by atomic mass is 16.5. The molecule has 2 N–H and O–H groups in total. The van der Waals surface area contributed by atoms with Crippen LogP contribution >= 0.6 is 0 Å². The molecule has 5 heteroatoms. The van der Waals surface area contributed by atoms with Crippen molar-refractivity contribution in [3.05, 3.63) is 29.8 Å². The number of phenols is 1. The summed E-state index contributed by atoms with van der Waals surface area (Å²) in [6.07, 6.45) is 1.04. The fourth-order valence-electron chi connectivity index (χ4n) is 1.79. The van der Waals surface area contributed by atoms with Gasteiger partial charge in [-0.2, -0.15) is 0 Å². The molecule has 0 aromatic heterocycles. The molecule has 0 spiro atoms. The number of hydrogen-bond acceptors (Lipinski definition) is 4. The normalized spacial score (nSPS) is 18.2. The van der Waals surface area contributed by atoms with E-state index >= 15 is 0 Å². The van der Waals surface area contributed by atoms with Crippen molar-refractivity contribution in [3.63, 3.8) is 0 Å². The molecule has 1 heterocycles. The van der Waals surface area contributed by atoms with Crippen LogP contribution in [0.1, 0.15) is 18.4 Å². The molecular weight excluding hydrogens is 234 g/mol. The Hall–Kier alpha value is -2.04. The molecule has 1 aliphatic heterocycles. The summed E-state index contributed by atoms with van der Waals surface area (Å²) in [6, 6.07) is 6.86. The monoisotopic (exact) mass is 249 g/mol. The standard InChI is InChI=1S/C13H15NO4/c15-10-3-1-9(2-4-10)7-12-14-8-11(18-12)5-6-13(16)17/h1-4,11,15H,5-8H2,(H,16,17). The average molecular weight is 249 g/mol. The molecule has 96 valence electrons. The van der Waals surface area contributed by atoms with Gasteiger partial charge in [0.25, 0.3) is 0 Å². The van der Waals surface area contributed by atoms with E-state index in [9.17, 15) is 4.79 Å². The number of carbonyl (C=O) groups is 1. The zero-order valence-electron chi connectivity index (χ0n) is 9.87. The van der Waals surface area contributed by atoms with E-state index < -0.39 is 5.97 Å². The van der Waals surface area contributed by atoms with Gasteiger partial charge in [0, 0.05) is 12.8 Å². The Morgan fingerprint density at radius 3 is 2.78 bits per heavy atom. The van der Waals surface area contributed by atoms with E-state index in [-0.39, 0.29) is 18.3 Å². The number of aliphatic carboxylic acids is 1. The van der Waals surface area contributed by atoms with E-state index in [2.05, 4.69) is 4.99 Å². The van der Waals surface area contributed by atoms with E-state index in [1.54, 1.807) is 12.1 Å². The molecule has 0 amide bonds. The summed E-state index contributed by atoms with van der Waals surface area (Å²) in [6.45, 7) is 0.528. The van der Waals surface area contributed by atoms with Crippen molar-refractivity contribution in [1.82, 2.24) is 0 Å². The van der Waals surface area contributed by atoms with Gasteiger partial charge in [0.1, 0.15) is 11.9 Å². The fraction of sp³-hybridized carbons (Fsp3) is 0.385. The molecule has 5 nitrogen and oxygen atoms in total. The second kappa shape index (κ2) is 5.53. The van der Waals surface area contributed by atoms with Crippen LogP contribution in [0.15, 0.2) is 29.3 Å². The highest BCUT2D eigenvalue weighted by Gasteiger charge is 2.20. The number of phenolic OH excluding ortho intramolecular Hbond substituents is 1. The minimum atomic E-state index is -0.814. The first-order chi connectivity index (χ1) is 8.63. The first kappa shape index (κ1) is 12.4. The number of aromatic hydroxyl groups is 1. The van der Waals surface area contributed by atoms with Crippen LogP contribution < -0.4 is 0 Å². The van der Waals surface area contributed by atoms with Crippen molar-refractivity contribution in [3.8, 4) is 5.75 Å². The van der Waals surface area contributed by atoms with Gasteiger partial charge in [-0.05, 0) is 24.1 Å². The van der Waals surface area contributed by atoms with Crippen molar-refractivity contribution in [1.29, 1.82) is 0 Å². The lowest BCUT2D eigenvalue weighted by Crippen LogP contribution is -2.15. The van der Waals surface area contributed by atoms with Crippen LogP contribution in [0.5, 0.6) is 5.75 Å². The van der Waals surface area contributed by atoms with Gasteiger partial charge in [0.2, 0.25) is 0 Å². The van der Waals surface area contributed by atoms with Crippen LogP contribution in [0.25, 0.3) is 0 Å². The Morgan fingerprint density at radius 2 is 2.11 bits per heavy atom. The third-order valence-corrected chi connectivity index (χ3v) is 2.75. The summed E-state index contributed by atoms with van der Waals surface area (Å²) in [5.41, 5.74) is 1.01. The molecule has 1 aromatic carbocycles. The molecule has 1 aliphatic rings. The number of ether oxygens (including phenoxy) is 1. The summed E-state index contributed by atoms with van der Waals surface area (Å²) >= 11 is 0. The second-order valence-corrected chi connectivity index (χ2v) is 4.25. The number of hydrogen-bond donors (Lipinski definition) is 2. The zero-order valence-corrected chi connectivity index (χ0v) is 9.87. The van der Waals surface area contributed by atoms with Crippen LogP contribution in [-0.2, 0) is 16.0 Å². The smallest absolute Gasteiger partial charge is 0.303 e. The molecule has 0 radical (unpaired) electrons. The number of benzene rings is 1. The Labute approximate surface area is 105 Å². The Balaban J connectivity index is 1.82. The summed E-state index contributed by atoms with van der Waals surface area (Å²) in [4.78, 5) is 14.7. The van der Waals surface area contributed by atoms with Gasteiger partial charge in [-0.15, -0.1) is 0 Å². The van der Waals surface area contributed by atoms with Crippen molar-refractivity contribution in [2.75, 3.05) is 6.54 Å². The van der Waals surface area contributed by atoms with Gasteiger partial charge >= 0.3 is 5.97 Å². The SMILES string of the molecule is O=C(O)CCC1CN=C(Cc2ccc(O)cc2)O1. The summed E-state index contributed by atoms with van der Waals surface area (Å²) in [5.74, 6) is 0.0500. The topological polar surface area (TPSA) is 79.1 Å². The number of rotatable bonds is 5. The number of nitrogens with zero attached hydrogens (tertiary/aromatic N) is 1. The predicted molar refractivity (Wildman–Crippen MR) is 65.9 cm³/mol. The van der Waals surface area contributed by atoms with Gasteiger partial charge in [-0.25, -0.2) is 0 Å². The van der Waals surface area contributed by atoms with E-state index in [0.29, 0.717) is 25.3 Å². The Morgan fingerprint density at radius 1 is 1.39 bits per heavy atom. The Bertz CT molecular complexity index is 453. The van der Waals surface area contributed by atoms with Crippen molar-refractivity contribution in [2.45, 2.75) is 25.4 Å². The molecule has 0 bridgehead atoms. The first-order valence-corrected chi connectivity index (χ1v) is 5.83. The number of aliphatic imine (C=N–C) groups is 1.